The molecule has 1 aromatic carbocycles. The molecule has 3 fully saturated rings. The summed E-state index contributed by atoms with van der Waals surface area (Å²) in [5.41, 5.74) is 1.70. The van der Waals surface area contributed by atoms with Gasteiger partial charge in [-0.25, -0.2) is 0 Å². The Morgan fingerprint density at radius 3 is 2.48 bits per heavy atom. The summed E-state index contributed by atoms with van der Waals surface area (Å²) in [6, 6.07) is 4.10. The lowest BCUT2D eigenvalue weighted by Gasteiger charge is -2.28. The van der Waals surface area contributed by atoms with Crippen molar-refractivity contribution in [2.75, 3.05) is 0 Å². The van der Waals surface area contributed by atoms with Crippen LogP contribution in [0.4, 0.5) is 0 Å². The zero-order valence-electron chi connectivity index (χ0n) is 15.0. The summed E-state index contributed by atoms with van der Waals surface area (Å²) in [6.07, 6.45) is 1.92. The number of fused-ring (bicyclic) bond motifs is 5. The molecular formula is C20H24O4S. The number of carbonyl (C=O) groups excluding carboxylic acids is 2. The van der Waals surface area contributed by atoms with Crippen molar-refractivity contribution in [3.8, 4) is 5.75 Å². The molecule has 1 aromatic rings. The lowest BCUT2D eigenvalue weighted by atomic mass is 9.81. The smallest absolute Gasteiger partial charge is 0.317 e. The number of hydrogen-bond donors (Lipinski definition) is 1. The van der Waals surface area contributed by atoms with Gasteiger partial charge in [-0.15, -0.1) is 11.8 Å². The number of cyclic esters (lactones) is 2. The maximum absolute atomic E-state index is 12.1. The Morgan fingerprint density at radius 2 is 1.80 bits per heavy atom. The van der Waals surface area contributed by atoms with Crippen LogP contribution in [0.15, 0.2) is 17.0 Å². The molecule has 0 spiro atoms. The van der Waals surface area contributed by atoms with Crippen molar-refractivity contribution in [2.45, 2.75) is 56.1 Å². The number of thioether (sulfide) groups is 1. The normalized spacial score (nSPS) is 33.7. The van der Waals surface area contributed by atoms with Gasteiger partial charge in [-0.2, -0.15) is 0 Å². The fraction of sp³-hybridized carbons (Fsp3) is 0.600. The molecule has 1 N–H and O–H groups in total. The van der Waals surface area contributed by atoms with Gasteiger partial charge in [0.2, 0.25) is 0 Å². The SMILES string of the molecule is Cc1cc(SC2CC3CC2C2C(=O)OC(=O)C32)cc(C(C)(C)C)c1O. The molecule has 0 aromatic heterocycles. The molecule has 1 aliphatic heterocycles. The first kappa shape index (κ1) is 17.0. The number of ether oxygens (including phenoxy) is 1. The lowest BCUT2D eigenvalue weighted by Crippen LogP contribution is -2.31. The molecule has 2 bridgehead atoms. The first-order chi connectivity index (χ1) is 11.7. The number of carbonyl (C=O) groups is 2. The summed E-state index contributed by atoms with van der Waals surface area (Å²) < 4.78 is 4.89. The van der Waals surface area contributed by atoms with Gasteiger partial charge in [0.1, 0.15) is 5.75 Å². The highest BCUT2D eigenvalue weighted by atomic mass is 32.2. The van der Waals surface area contributed by atoms with E-state index in [-0.39, 0.29) is 41.0 Å². The van der Waals surface area contributed by atoms with E-state index >= 15 is 0 Å². The van der Waals surface area contributed by atoms with Crippen molar-refractivity contribution in [3.05, 3.63) is 23.3 Å². The molecular weight excluding hydrogens is 336 g/mol. The third kappa shape index (κ3) is 2.59. The predicted molar refractivity (Wildman–Crippen MR) is 95.5 cm³/mol. The number of hydrogen-bond acceptors (Lipinski definition) is 5. The molecule has 5 heteroatoms. The molecule has 4 nitrogen and oxygen atoms in total. The van der Waals surface area contributed by atoms with E-state index < -0.39 is 0 Å². The fourth-order valence-corrected chi connectivity index (χ4v) is 6.47. The van der Waals surface area contributed by atoms with Crippen LogP contribution in [0.1, 0.15) is 44.7 Å². The Balaban J connectivity index is 1.60. The topological polar surface area (TPSA) is 63.6 Å². The van der Waals surface area contributed by atoms with Crippen LogP contribution in [0, 0.1) is 30.6 Å². The van der Waals surface area contributed by atoms with Crippen LogP contribution in [-0.2, 0) is 19.7 Å². The second-order valence-corrected chi connectivity index (χ2v) is 10.0. The van der Waals surface area contributed by atoms with Gasteiger partial charge in [0.05, 0.1) is 11.8 Å². The highest BCUT2D eigenvalue weighted by Crippen LogP contribution is 2.59. The van der Waals surface area contributed by atoms with Gasteiger partial charge >= 0.3 is 11.9 Å². The van der Waals surface area contributed by atoms with Crippen molar-refractivity contribution in [1.29, 1.82) is 0 Å². The van der Waals surface area contributed by atoms with Gasteiger partial charge in [0, 0.05) is 15.7 Å². The van der Waals surface area contributed by atoms with Gasteiger partial charge in [0.25, 0.3) is 0 Å². The van der Waals surface area contributed by atoms with Crippen LogP contribution in [0.25, 0.3) is 0 Å². The van der Waals surface area contributed by atoms with Crippen LogP contribution < -0.4 is 0 Å². The van der Waals surface area contributed by atoms with Gasteiger partial charge in [0.15, 0.2) is 0 Å². The molecule has 25 heavy (non-hydrogen) atoms. The Kier molecular flexibility index (Phi) is 3.73. The standard InChI is InChI=1S/C20H24O4S/c1-9-5-11(8-13(17(9)21)20(2,3)4)25-14-7-10-6-12(14)16-15(10)18(22)24-19(16)23/h5,8,10,12,14-16,21H,6-7H2,1-4H3. The summed E-state index contributed by atoms with van der Waals surface area (Å²) in [5.74, 6) is -0.163. The summed E-state index contributed by atoms with van der Waals surface area (Å²) in [6.45, 7) is 8.22. The second-order valence-electron chi connectivity index (χ2n) is 8.73. The van der Waals surface area contributed by atoms with Crippen molar-refractivity contribution in [3.63, 3.8) is 0 Å². The first-order valence-electron chi connectivity index (χ1n) is 8.93. The average Bonchev–Trinajstić information content (AvgIpc) is 3.14. The number of phenolic OH excluding ortho intramolecular Hbond substituents is 1. The minimum atomic E-state index is -0.315. The van der Waals surface area contributed by atoms with E-state index in [1.54, 1.807) is 11.8 Å². The molecule has 0 radical (unpaired) electrons. The zero-order valence-corrected chi connectivity index (χ0v) is 15.9. The van der Waals surface area contributed by atoms with Crippen LogP contribution in [0.5, 0.6) is 5.75 Å². The predicted octanol–water partition coefficient (Wildman–Crippen LogP) is 3.81. The van der Waals surface area contributed by atoms with E-state index in [1.807, 2.05) is 13.0 Å². The Hall–Kier alpha value is -1.49. The maximum Gasteiger partial charge on any atom is 0.317 e. The number of phenols is 1. The van der Waals surface area contributed by atoms with Crippen LogP contribution >= 0.6 is 11.8 Å². The van der Waals surface area contributed by atoms with E-state index in [0.717, 1.165) is 28.9 Å². The third-order valence-electron chi connectivity index (χ3n) is 6.06. The average molecular weight is 360 g/mol. The lowest BCUT2D eigenvalue weighted by molar-refractivity contribution is -0.154. The van der Waals surface area contributed by atoms with Crippen molar-refractivity contribution >= 4 is 23.7 Å². The van der Waals surface area contributed by atoms with Gasteiger partial charge in [-0.3, -0.25) is 9.59 Å². The van der Waals surface area contributed by atoms with E-state index in [2.05, 4.69) is 26.8 Å². The van der Waals surface area contributed by atoms with Crippen LogP contribution in [-0.4, -0.2) is 22.3 Å². The molecule has 2 aliphatic carbocycles. The molecule has 3 aliphatic rings. The fourth-order valence-electron chi connectivity index (χ4n) is 4.89. The zero-order chi connectivity index (χ0) is 18.1. The number of aromatic hydroxyl groups is 1. The van der Waals surface area contributed by atoms with Gasteiger partial charge in [-0.1, -0.05) is 20.8 Å². The van der Waals surface area contributed by atoms with Crippen LogP contribution in [0.3, 0.4) is 0 Å². The molecule has 1 heterocycles. The number of benzene rings is 1. The number of aryl methyl sites for hydroxylation is 1. The van der Waals surface area contributed by atoms with E-state index in [0.29, 0.717) is 11.0 Å². The minimum Gasteiger partial charge on any atom is -0.507 e. The molecule has 5 atom stereocenters. The molecule has 1 saturated heterocycles. The minimum absolute atomic E-state index is 0.132. The first-order valence-corrected chi connectivity index (χ1v) is 9.81. The highest BCUT2D eigenvalue weighted by molar-refractivity contribution is 8.00. The van der Waals surface area contributed by atoms with E-state index in [4.69, 9.17) is 4.74 Å². The second kappa shape index (κ2) is 5.50. The van der Waals surface area contributed by atoms with Crippen molar-refractivity contribution in [1.82, 2.24) is 0 Å². The van der Waals surface area contributed by atoms with Gasteiger partial charge in [-0.05, 0) is 54.7 Å². The molecule has 5 unspecified atom stereocenters. The van der Waals surface area contributed by atoms with Crippen molar-refractivity contribution < 1.29 is 19.4 Å². The molecule has 0 amide bonds. The van der Waals surface area contributed by atoms with Crippen LogP contribution in [0.2, 0.25) is 0 Å². The summed E-state index contributed by atoms with van der Waals surface area (Å²) in [5, 5.41) is 10.7. The third-order valence-corrected chi connectivity index (χ3v) is 7.41. The summed E-state index contributed by atoms with van der Waals surface area (Å²) in [7, 11) is 0. The number of esters is 2. The molecule has 2 saturated carbocycles. The summed E-state index contributed by atoms with van der Waals surface area (Å²) in [4.78, 5) is 25.1. The highest BCUT2D eigenvalue weighted by Gasteiger charge is 2.63. The maximum atomic E-state index is 12.1. The van der Waals surface area contributed by atoms with E-state index in [9.17, 15) is 14.7 Å². The molecule has 134 valence electrons. The monoisotopic (exact) mass is 360 g/mol. The molecule has 4 rings (SSSR count). The largest absolute Gasteiger partial charge is 0.507 e. The Bertz CT molecular complexity index is 764. The summed E-state index contributed by atoms with van der Waals surface area (Å²) >= 11 is 1.79. The quantitative estimate of drug-likeness (QED) is 0.642. The van der Waals surface area contributed by atoms with E-state index in [1.165, 1.54) is 0 Å². The Labute approximate surface area is 152 Å². The Morgan fingerprint density at radius 1 is 1.12 bits per heavy atom. The van der Waals surface area contributed by atoms with Crippen molar-refractivity contribution in [2.24, 2.45) is 23.7 Å². The number of rotatable bonds is 2. The van der Waals surface area contributed by atoms with Gasteiger partial charge < -0.3 is 9.84 Å².